The van der Waals surface area contributed by atoms with Crippen LogP contribution in [0, 0.1) is 6.92 Å². The van der Waals surface area contributed by atoms with E-state index >= 15 is 0 Å². The number of hydrogen-bond donors (Lipinski definition) is 1. The third kappa shape index (κ3) is 4.46. The van der Waals surface area contributed by atoms with E-state index in [1.807, 2.05) is 60.9 Å². The van der Waals surface area contributed by atoms with Gasteiger partial charge in [-0.25, -0.2) is 0 Å². The number of carbonyl (C=O) groups is 1. The summed E-state index contributed by atoms with van der Waals surface area (Å²) >= 11 is 7.50. The van der Waals surface area contributed by atoms with Gasteiger partial charge in [0.05, 0.1) is 5.25 Å². The van der Waals surface area contributed by atoms with Crippen molar-refractivity contribution >= 4 is 35.0 Å². The zero-order valence-electron chi connectivity index (χ0n) is 15.7. The fraction of sp³-hybridized carbons (Fsp3) is 0.190. The molecule has 2 aromatic carbocycles. The highest BCUT2D eigenvalue weighted by Gasteiger charge is 2.21. The summed E-state index contributed by atoms with van der Waals surface area (Å²) in [6.45, 7) is 8.10. The van der Waals surface area contributed by atoms with E-state index < -0.39 is 0 Å². The number of thioether (sulfide) groups is 1. The van der Waals surface area contributed by atoms with Gasteiger partial charge in [0.2, 0.25) is 5.91 Å². The molecule has 0 saturated heterocycles. The molecule has 1 atom stereocenters. The average Bonchev–Trinajstić information content (AvgIpc) is 3.08. The summed E-state index contributed by atoms with van der Waals surface area (Å²) in [5.74, 6) is 0.631. The summed E-state index contributed by atoms with van der Waals surface area (Å²) in [5, 5.41) is 12.5. The molecule has 1 amide bonds. The van der Waals surface area contributed by atoms with Crippen LogP contribution in [0.2, 0.25) is 5.02 Å². The lowest BCUT2D eigenvalue weighted by atomic mass is 10.2. The molecule has 1 aromatic heterocycles. The zero-order valence-corrected chi connectivity index (χ0v) is 17.3. The quantitative estimate of drug-likeness (QED) is 0.427. The number of benzene rings is 2. The van der Waals surface area contributed by atoms with Gasteiger partial charge in [-0.2, -0.15) is 0 Å². The van der Waals surface area contributed by atoms with Crippen LogP contribution in [0.3, 0.4) is 0 Å². The van der Waals surface area contributed by atoms with Crippen molar-refractivity contribution in [1.82, 2.24) is 14.8 Å². The van der Waals surface area contributed by atoms with Gasteiger partial charge in [0.1, 0.15) is 0 Å². The molecule has 0 saturated carbocycles. The Labute approximate surface area is 173 Å². The molecule has 0 aliphatic carbocycles. The molecule has 5 nitrogen and oxygen atoms in total. The Kier molecular flexibility index (Phi) is 6.54. The molecular weight excluding hydrogens is 392 g/mol. The Hall–Kier alpha value is -2.57. The van der Waals surface area contributed by atoms with Gasteiger partial charge in [-0.05, 0) is 31.5 Å². The van der Waals surface area contributed by atoms with Crippen molar-refractivity contribution in [3.63, 3.8) is 0 Å². The summed E-state index contributed by atoms with van der Waals surface area (Å²) in [4.78, 5) is 12.7. The van der Waals surface area contributed by atoms with Crippen molar-refractivity contribution < 1.29 is 4.79 Å². The number of aromatic nitrogens is 3. The van der Waals surface area contributed by atoms with Crippen molar-refractivity contribution in [3.05, 3.63) is 71.8 Å². The summed E-state index contributed by atoms with van der Waals surface area (Å²) < 4.78 is 1.96. The van der Waals surface area contributed by atoms with E-state index in [1.54, 1.807) is 12.1 Å². The number of nitrogens with one attached hydrogen (secondary N) is 1. The molecule has 3 aromatic rings. The Morgan fingerprint density at radius 2 is 2.00 bits per heavy atom. The number of halogens is 1. The van der Waals surface area contributed by atoms with Gasteiger partial charge in [-0.3, -0.25) is 9.36 Å². The first-order valence-electron chi connectivity index (χ1n) is 8.83. The van der Waals surface area contributed by atoms with Gasteiger partial charge in [-0.15, -0.1) is 16.8 Å². The molecule has 144 valence electrons. The van der Waals surface area contributed by atoms with Crippen molar-refractivity contribution in [2.24, 2.45) is 0 Å². The first kappa shape index (κ1) is 20.2. The molecule has 0 aliphatic heterocycles. The number of allylic oxidation sites excluding steroid dienone is 1. The van der Waals surface area contributed by atoms with Crippen LogP contribution >= 0.6 is 23.4 Å². The molecule has 0 unspecified atom stereocenters. The van der Waals surface area contributed by atoms with Gasteiger partial charge < -0.3 is 5.32 Å². The molecule has 0 aliphatic rings. The predicted molar refractivity (Wildman–Crippen MR) is 116 cm³/mol. The molecule has 0 fully saturated rings. The number of amides is 1. The first-order valence-corrected chi connectivity index (χ1v) is 10.1. The molecule has 0 spiro atoms. The summed E-state index contributed by atoms with van der Waals surface area (Å²) in [6, 6.07) is 15.3. The van der Waals surface area contributed by atoms with Crippen LogP contribution in [0.5, 0.6) is 0 Å². The van der Waals surface area contributed by atoms with Crippen molar-refractivity contribution in [2.75, 3.05) is 5.32 Å². The highest BCUT2D eigenvalue weighted by Crippen LogP contribution is 2.28. The van der Waals surface area contributed by atoms with E-state index in [1.165, 1.54) is 11.8 Å². The highest BCUT2D eigenvalue weighted by atomic mass is 35.5. The van der Waals surface area contributed by atoms with Crippen LogP contribution in [0.1, 0.15) is 12.5 Å². The topological polar surface area (TPSA) is 59.8 Å². The lowest BCUT2D eigenvalue weighted by Gasteiger charge is -2.14. The molecule has 7 heteroatoms. The van der Waals surface area contributed by atoms with E-state index in [0.29, 0.717) is 22.4 Å². The lowest BCUT2D eigenvalue weighted by Crippen LogP contribution is -2.23. The third-order valence-electron chi connectivity index (χ3n) is 4.24. The standard InChI is InChI=1S/C21H21ClN4OS/c1-4-13-26-19(16-9-6-5-7-10-16)24-25-21(26)28-15(3)20(27)23-18-12-8-11-17(22)14(18)2/h4-12,15H,1,13H2,2-3H3,(H,23,27)/t15-/m0/s1. The van der Waals surface area contributed by atoms with Crippen LogP contribution in [-0.4, -0.2) is 25.9 Å². The van der Waals surface area contributed by atoms with Crippen molar-refractivity contribution in [1.29, 1.82) is 0 Å². The van der Waals surface area contributed by atoms with E-state index in [0.717, 1.165) is 17.0 Å². The van der Waals surface area contributed by atoms with Crippen LogP contribution in [0.25, 0.3) is 11.4 Å². The summed E-state index contributed by atoms with van der Waals surface area (Å²) in [5.41, 5.74) is 2.52. The van der Waals surface area contributed by atoms with Gasteiger partial charge in [0.25, 0.3) is 0 Å². The van der Waals surface area contributed by atoms with Gasteiger partial charge in [-0.1, -0.05) is 65.8 Å². The number of anilines is 1. The fourth-order valence-corrected chi connectivity index (χ4v) is 3.69. The van der Waals surface area contributed by atoms with Gasteiger partial charge in [0.15, 0.2) is 11.0 Å². The Morgan fingerprint density at radius 1 is 1.25 bits per heavy atom. The molecule has 1 heterocycles. The van der Waals surface area contributed by atoms with Crippen molar-refractivity contribution in [2.45, 2.75) is 30.8 Å². The molecule has 1 N–H and O–H groups in total. The number of carbonyl (C=O) groups excluding carboxylic acids is 1. The van der Waals surface area contributed by atoms with Crippen LogP contribution in [0.4, 0.5) is 5.69 Å². The highest BCUT2D eigenvalue weighted by molar-refractivity contribution is 8.00. The summed E-state index contributed by atoms with van der Waals surface area (Å²) in [7, 11) is 0. The zero-order chi connectivity index (χ0) is 20.1. The Bertz CT molecular complexity index is 987. The monoisotopic (exact) mass is 412 g/mol. The average molecular weight is 413 g/mol. The SMILES string of the molecule is C=CCn1c(S[C@@H](C)C(=O)Nc2cccc(Cl)c2C)nnc1-c1ccccc1. The van der Waals surface area contributed by atoms with Crippen molar-refractivity contribution in [3.8, 4) is 11.4 Å². The minimum Gasteiger partial charge on any atom is -0.325 e. The van der Waals surface area contributed by atoms with E-state index in [9.17, 15) is 4.79 Å². The predicted octanol–water partition coefficient (Wildman–Crippen LogP) is 5.21. The van der Waals surface area contributed by atoms with Crippen LogP contribution in [0.15, 0.2) is 66.3 Å². The fourth-order valence-electron chi connectivity index (χ4n) is 2.66. The normalized spacial score (nSPS) is 11.8. The second kappa shape index (κ2) is 9.08. The minimum atomic E-state index is -0.366. The van der Waals surface area contributed by atoms with Gasteiger partial charge >= 0.3 is 0 Å². The van der Waals surface area contributed by atoms with Crippen LogP contribution < -0.4 is 5.32 Å². The number of nitrogens with zero attached hydrogens (tertiary/aromatic N) is 3. The lowest BCUT2D eigenvalue weighted by molar-refractivity contribution is -0.115. The largest absolute Gasteiger partial charge is 0.325 e. The maximum atomic E-state index is 12.7. The second-order valence-electron chi connectivity index (χ2n) is 6.23. The molecule has 0 bridgehead atoms. The number of rotatable bonds is 7. The number of hydrogen-bond acceptors (Lipinski definition) is 4. The van der Waals surface area contributed by atoms with Gasteiger partial charge in [0, 0.05) is 22.8 Å². The maximum absolute atomic E-state index is 12.7. The van der Waals surface area contributed by atoms with E-state index in [4.69, 9.17) is 11.6 Å². The van der Waals surface area contributed by atoms with Crippen LogP contribution in [-0.2, 0) is 11.3 Å². The molecule has 0 radical (unpaired) electrons. The molecular formula is C21H21ClN4OS. The summed E-state index contributed by atoms with van der Waals surface area (Å²) in [6.07, 6.45) is 1.79. The van der Waals surface area contributed by atoms with E-state index in [-0.39, 0.29) is 11.2 Å². The Balaban J connectivity index is 1.79. The smallest absolute Gasteiger partial charge is 0.237 e. The van der Waals surface area contributed by atoms with E-state index in [2.05, 4.69) is 22.1 Å². The molecule has 3 rings (SSSR count). The Morgan fingerprint density at radius 3 is 2.71 bits per heavy atom. The first-order chi connectivity index (χ1) is 13.5. The molecule has 28 heavy (non-hydrogen) atoms. The second-order valence-corrected chi connectivity index (χ2v) is 7.95. The minimum absolute atomic E-state index is 0.121. The maximum Gasteiger partial charge on any atom is 0.237 e. The third-order valence-corrected chi connectivity index (χ3v) is 5.73.